The van der Waals surface area contributed by atoms with E-state index in [4.69, 9.17) is 4.74 Å². The zero-order valence-electron chi connectivity index (χ0n) is 10.7. The number of carbonyl (C=O) groups is 1. The van der Waals surface area contributed by atoms with Gasteiger partial charge < -0.3 is 9.64 Å². The molecule has 2 aliphatic rings. The maximum absolute atomic E-state index is 11.3. The first-order chi connectivity index (χ1) is 9.33. The third-order valence-electron chi connectivity index (χ3n) is 3.31. The smallest absolute Gasteiger partial charge is 0.242 e. The van der Waals surface area contributed by atoms with Gasteiger partial charge in [-0.05, 0) is 24.3 Å². The van der Waals surface area contributed by atoms with Crippen LogP contribution in [0.4, 0.5) is 11.4 Å². The van der Waals surface area contributed by atoms with Crippen molar-refractivity contribution in [1.29, 1.82) is 0 Å². The van der Waals surface area contributed by atoms with E-state index in [0.29, 0.717) is 6.42 Å². The third kappa shape index (κ3) is 2.71. The summed E-state index contributed by atoms with van der Waals surface area (Å²) in [6, 6.07) is 8.19. The molecule has 1 saturated heterocycles. The molecule has 2 heterocycles. The van der Waals surface area contributed by atoms with E-state index in [1.165, 1.54) is 5.69 Å². The Labute approximate surface area is 112 Å². The monoisotopic (exact) mass is 259 g/mol. The summed E-state index contributed by atoms with van der Waals surface area (Å²) in [6.45, 7) is 3.43. The predicted octanol–water partition coefficient (Wildman–Crippen LogP) is 1.28. The van der Waals surface area contributed by atoms with Crippen LogP contribution in [-0.2, 0) is 9.53 Å². The minimum atomic E-state index is 0.0137. The van der Waals surface area contributed by atoms with Crippen LogP contribution in [0.3, 0.4) is 0 Å². The highest BCUT2D eigenvalue weighted by atomic mass is 16.5. The van der Waals surface area contributed by atoms with E-state index in [-0.39, 0.29) is 5.91 Å². The van der Waals surface area contributed by atoms with Crippen LogP contribution >= 0.6 is 0 Å². The van der Waals surface area contributed by atoms with Gasteiger partial charge in [0.05, 0.1) is 18.9 Å². The Kier molecular flexibility index (Phi) is 3.37. The van der Waals surface area contributed by atoms with Crippen LogP contribution in [0.2, 0.25) is 0 Å². The van der Waals surface area contributed by atoms with E-state index in [0.717, 1.165) is 32.0 Å². The second kappa shape index (κ2) is 5.32. The molecule has 0 aromatic heterocycles. The predicted molar refractivity (Wildman–Crippen MR) is 73.9 cm³/mol. The Morgan fingerprint density at radius 3 is 2.42 bits per heavy atom. The molecule has 5 heteroatoms. The number of hydrogen-bond donors (Lipinski definition) is 1. The molecule has 0 radical (unpaired) electrons. The number of hydrazine groups is 1. The zero-order chi connectivity index (χ0) is 13.1. The van der Waals surface area contributed by atoms with Crippen LogP contribution in [0.5, 0.6) is 0 Å². The Morgan fingerprint density at radius 1 is 1.05 bits per heavy atom. The van der Waals surface area contributed by atoms with Gasteiger partial charge in [-0.1, -0.05) is 6.08 Å². The van der Waals surface area contributed by atoms with Gasteiger partial charge in [-0.25, -0.2) is 0 Å². The summed E-state index contributed by atoms with van der Waals surface area (Å²) in [5, 5.41) is 1.74. The topological polar surface area (TPSA) is 44.8 Å². The van der Waals surface area contributed by atoms with Crippen molar-refractivity contribution in [1.82, 2.24) is 5.43 Å². The van der Waals surface area contributed by atoms with E-state index in [1.54, 1.807) is 5.01 Å². The third-order valence-corrected chi connectivity index (χ3v) is 3.31. The van der Waals surface area contributed by atoms with Gasteiger partial charge in [0.25, 0.3) is 0 Å². The summed E-state index contributed by atoms with van der Waals surface area (Å²) in [7, 11) is 0. The van der Waals surface area contributed by atoms with Gasteiger partial charge >= 0.3 is 0 Å². The molecular formula is C14H17N3O2. The van der Waals surface area contributed by atoms with Crippen molar-refractivity contribution in [2.24, 2.45) is 0 Å². The molecule has 1 fully saturated rings. The molecule has 5 nitrogen and oxygen atoms in total. The van der Waals surface area contributed by atoms with Gasteiger partial charge in [0.1, 0.15) is 0 Å². The molecule has 100 valence electrons. The highest BCUT2D eigenvalue weighted by molar-refractivity contribution is 5.81. The average Bonchev–Trinajstić information content (AvgIpc) is 2.48. The quantitative estimate of drug-likeness (QED) is 0.869. The summed E-state index contributed by atoms with van der Waals surface area (Å²) < 4.78 is 5.35. The zero-order valence-corrected chi connectivity index (χ0v) is 10.7. The lowest BCUT2D eigenvalue weighted by Crippen LogP contribution is -2.40. The van der Waals surface area contributed by atoms with Crippen molar-refractivity contribution in [2.45, 2.75) is 6.42 Å². The Morgan fingerprint density at radius 2 is 1.74 bits per heavy atom. The second-order valence-electron chi connectivity index (χ2n) is 4.61. The van der Waals surface area contributed by atoms with Gasteiger partial charge in [0.2, 0.25) is 5.91 Å². The molecule has 1 aromatic carbocycles. The molecule has 0 saturated carbocycles. The van der Waals surface area contributed by atoms with Crippen LogP contribution in [-0.4, -0.2) is 32.2 Å². The summed E-state index contributed by atoms with van der Waals surface area (Å²) in [5.41, 5.74) is 4.96. The standard InChI is InChI=1S/C14H17N3O2/c18-14-2-1-7-17(15-14)13-5-3-12(4-6-13)16-8-10-19-11-9-16/h1,3-7H,2,8-11H2,(H,15,18). The van der Waals surface area contributed by atoms with Crippen LogP contribution in [0, 0.1) is 0 Å². The van der Waals surface area contributed by atoms with Crippen molar-refractivity contribution in [2.75, 3.05) is 36.2 Å². The largest absolute Gasteiger partial charge is 0.378 e. The lowest BCUT2D eigenvalue weighted by atomic mass is 10.2. The Hall–Kier alpha value is -2.01. The number of amides is 1. The van der Waals surface area contributed by atoms with Crippen molar-refractivity contribution in [3.05, 3.63) is 36.5 Å². The van der Waals surface area contributed by atoms with Crippen molar-refractivity contribution in [3.8, 4) is 0 Å². The van der Waals surface area contributed by atoms with Gasteiger partial charge in [-0.2, -0.15) is 0 Å². The van der Waals surface area contributed by atoms with E-state index in [9.17, 15) is 4.79 Å². The van der Waals surface area contributed by atoms with Crippen LogP contribution in [0.15, 0.2) is 36.5 Å². The first-order valence-corrected chi connectivity index (χ1v) is 6.51. The summed E-state index contributed by atoms with van der Waals surface area (Å²) >= 11 is 0. The average molecular weight is 259 g/mol. The maximum atomic E-state index is 11.3. The fourth-order valence-corrected chi connectivity index (χ4v) is 2.28. The number of benzene rings is 1. The van der Waals surface area contributed by atoms with Gasteiger partial charge in [-0.15, -0.1) is 0 Å². The molecule has 19 heavy (non-hydrogen) atoms. The number of carbonyl (C=O) groups excluding carboxylic acids is 1. The Balaban J connectivity index is 1.73. The number of nitrogens with one attached hydrogen (secondary N) is 1. The molecule has 0 unspecified atom stereocenters. The second-order valence-corrected chi connectivity index (χ2v) is 4.61. The summed E-state index contributed by atoms with van der Waals surface area (Å²) in [5.74, 6) is 0.0137. The molecule has 1 aromatic rings. The summed E-state index contributed by atoms with van der Waals surface area (Å²) in [6.07, 6.45) is 4.18. The van der Waals surface area contributed by atoms with Gasteiger partial charge in [0, 0.05) is 31.4 Å². The van der Waals surface area contributed by atoms with Gasteiger partial charge in [0.15, 0.2) is 0 Å². The molecule has 1 amide bonds. The number of rotatable bonds is 2. The number of ether oxygens (including phenoxy) is 1. The molecule has 3 rings (SSSR count). The van der Waals surface area contributed by atoms with Crippen LogP contribution in [0.1, 0.15) is 6.42 Å². The molecule has 0 bridgehead atoms. The highest BCUT2D eigenvalue weighted by Gasteiger charge is 2.13. The van der Waals surface area contributed by atoms with Crippen LogP contribution < -0.4 is 15.3 Å². The van der Waals surface area contributed by atoms with Crippen LogP contribution in [0.25, 0.3) is 0 Å². The first kappa shape index (κ1) is 12.0. The Bertz CT molecular complexity index is 478. The molecule has 2 aliphatic heterocycles. The maximum Gasteiger partial charge on any atom is 0.242 e. The summed E-state index contributed by atoms with van der Waals surface area (Å²) in [4.78, 5) is 13.6. The van der Waals surface area contributed by atoms with Crippen molar-refractivity contribution >= 4 is 17.3 Å². The van der Waals surface area contributed by atoms with Gasteiger partial charge in [-0.3, -0.25) is 15.2 Å². The molecular weight excluding hydrogens is 242 g/mol. The molecule has 1 N–H and O–H groups in total. The normalized spacial score (nSPS) is 19.5. The minimum absolute atomic E-state index is 0.0137. The number of nitrogens with zero attached hydrogens (tertiary/aromatic N) is 2. The fourth-order valence-electron chi connectivity index (χ4n) is 2.28. The fraction of sp³-hybridized carbons (Fsp3) is 0.357. The lowest BCUT2D eigenvalue weighted by molar-refractivity contribution is -0.120. The van der Waals surface area contributed by atoms with E-state index in [2.05, 4.69) is 22.5 Å². The molecule has 0 atom stereocenters. The van der Waals surface area contributed by atoms with E-state index >= 15 is 0 Å². The highest BCUT2D eigenvalue weighted by Crippen LogP contribution is 2.21. The first-order valence-electron chi connectivity index (χ1n) is 6.51. The lowest BCUT2D eigenvalue weighted by Gasteiger charge is -2.29. The van der Waals surface area contributed by atoms with E-state index in [1.807, 2.05) is 24.4 Å². The van der Waals surface area contributed by atoms with Crippen molar-refractivity contribution < 1.29 is 9.53 Å². The SMILES string of the molecule is O=C1CC=CN(c2ccc(N3CCOCC3)cc2)N1. The number of morpholine rings is 1. The van der Waals surface area contributed by atoms with E-state index < -0.39 is 0 Å². The molecule has 0 spiro atoms. The number of anilines is 2. The molecule has 0 aliphatic carbocycles. The van der Waals surface area contributed by atoms with Crippen molar-refractivity contribution in [3.63, 3.8) is 0 Å². The minimum Gasteiger partial charge on any atom is -0.378 e. The number of hydrogen-bond acceptors (Lipinski definition) is 4.